The summed E-state index contributed by atoms with van der Waals surface area (Å²) in [5.74, 6) is -0.493. The van der Waals surface area contributed by atoms with Crippen molar-refractivity contribution in [2.75, 3.05) is 13.7 Å². The molecule has 0 fully saturated rings. The van der Waals surface area contributed by atoms with Crippen molar-refractivity contribution in [3.05, 3.63) is 0 Å². The van der Waals surface area contributed by atoms with Crippen molar-refractivity contribution in [1.29, 1.82) is 5.41 Å². The van der Waals surface area contributed by atoms with Gasteiger partial charge in [-0.05, 0) is 6.92 Å². The van der Waals surface area contributed by atoms with Crippen LogP contribution < -0.4 is 0 Å². The van der Waals surface area contributed by atoms with E-state index < -0.39 is 5.97 Å². The molecule has 0 heterocycles. The van der Waals surface area contributed by atoms with Gasteiger partial charge in [-0.25, -0.2) is 0 Å². The molecular weight excluding hydrogens is 134 g/mol. The number of methoxy groups -OCH3 is 1. The molecule has 0 saturated heterocycles. The molecule has 0 spiro atoms. The Morgan fingerprint density at radius 1 is 1.60 bits per heavy atom. The van der Waals surface area contributed by atoms with Crippen molar-refractivity contribution in [1.82, 2.24) is 0 Å². The fraction of sp³-hybridized carbons (Fsp3) is 0.667. The van der Waals surface area contributed by atoms with Crippen LogP contribution in [0.5, 0.6) is 0 Å². The molecule has 0 atom stereocenters. The van der Waals surface area contributed by atoms with Gasteiger partial charge in [0.15, 0.2) is 5.90 Å². The first kappa shape index (κ1) is 8.94. The highest BCUT2D eigenvalue weighted by Crippen LogP contribution is 1.88. The molecule has 0 amide bonds. The normalized spacial score (nSPS) is 8.60. The Morgan fingerprint density at radius 3 is 2.60 bits per heavy atom. The second-order valence-electron chi connectivity index (χ2n) is 1.61. The lowest BCUT2D eigenvalue weighted by Crippen LogP contribution is -2.11. The fourth-order valence-electron chi connectivity index (χ4n) is 0.429. The van der Waals surface area contributed by atoms with Gasteiger partial charge in [-0.2, -0.15) is 0 Å². The number of carbonyl (C=O) groups excluding carboxylic acids is 1. The lowest BCUT2D eigenvalue weighted by Gasteiger charge is -2.01. The van der Waals surface area contributed by atoms with Gasteiger partial charge in [0.05, 0.1) is 13.7 Å². The van der Waals surface area contributed by atoms with Crippen LogP contribution in [0.4, 0.5) is 0 Å². The lowest BCUT2D eigenvalue weighted by molar-refractivity contribution is -0.139. The molecule has 0 unspecified atom stereocenters. The van der Waals surface area contributed by atoms with Gasteiger partial charge in [0.2, 0.25) is 0 Å². The van der Waals surface area contributed by atoms with Gasteiger partial charge in [-0.1, -0.05) is 0 Å². The van der Waals surface area contributed by atoms with Crippen molar-refractivity contribution >= 4 is 11.9 Å². The van der Waals surface area contributed by atoms with E-state index in [0.717, 1.165) is 0 Å². The molecule has 4 heteroatoms. The molecular formula is C6H11NO3. The summed E-state index contributed by atoms with van der Waals surface area (Å²) in [7, 11) is 1.28. The molecule has 0 aromatic carbocycles. The first-order valence-electron chi connectivity index (χ1n) is 2.97. The standard InChI is InChI=1S/C6H11NO3/c1-3-10-5(7)4-6(8)9-2/h7H,3-4H2,1-2H3. The minimum absolute atomic E-state index is 0.0469. The van der Waals surface area contributed by atoms with Crippen LogP contribution in [0.1, 0.15) is 13.3 Å². The molecule has 1 N–H and O–H groups in total. The highest BCUT2D eigenvalue weighted by atomic mass is 16.5. The maximum absolute atomic E-state index is 10.5. The van der Waals surface area contributed by atoms with Gasteiger partial charge < -0.3 is 9.47 Å². The molecule has 0 aliphatic rings. The average Bonchev–Trinajstić information content (AvgIpc) is 1.88. The summed E-state index contributed by atoms with van der Waals surface area (Å²) < 4.78 is 9.00. The highest BCUT2D eigenvalue weighted by molar-refractivity contribution is 5.92. The topological polar surface area (TPSA) is 59.4 Å². The monoisotopic (exact) mass is 145 g/mol. The largest absolute Gasteiger partial charge is 0.481 e. The third-order valence-corrected chi connectivity index (χ3v) is 0.851. The number of hydrogen-bond acceptors (Lipinski definition) is 4. The second kappa shape index (κ2) is 4.78. The molecule has 0 saturated carbocycles. The predicted octanol–water partition coefficient (Wildman–Crippen LogP) is 0.563. The van der Waals surface area contributed by atoms with Gasteiger partial charge >= 0.3 is 5.97 Å². The third-order valence-electron chi connectivity index (χ3n) is 0.851. The Hall–Kier alpha value is -1.06. The Morgan fingerprint density at radius 2 is 2.20 bits per heavy atom. The van der Waals surface area contributed by atoms with Crippen molar-refractivity contribution in [3.63, 3.8) is 0 Å². The van der Waals surface area contributed by atoms with E-state index in [0.29, 0.717) is 6.61 Å². The van der Waals surface area contributed by atoms with Crippen LogP contribution in [0.25, 0.3) is 0 Å². The first-order valence-corrected chi connectivity index (χ1v) is 2.97. The van der Waals surface area contributed by atoms with Crippen LogP contribution in [0.3, 0.4) is 0 Å². The molecule has 4 nitrogen and oxygen atoms in total. The molecule has 0 aliphatic heterocycles. The van der Waals surface area contributed by atoms with E-state index in [4.69, 9.17) is 10.1 Å². The predicted molar refractivity (Wildman–Crippen MR) is 36.0 cm³/mol. The van der Waals surface area contributed by atoms with Crippen molar-refractivity contribution in [2.24, 2.45) is 0 Å². The second-order valence-corrected chi connectivity index (χ2v) is 1.61. The average molecular weight is 145 g/mol. The summed E-state index contributed by atoms with van der Waals surface area (Å²) in [4.78, 5) is 10.5. The number of carbonyl (C=O) groups is 1. The van der Waals surface area contributed by atoms with E-state index in [-0.39, 0.29) is 12.3 Å². The zero-order valence-corrected chi connectivity index (χ0v) is 6.14. The van der Waals surface area contributed by atoms with Crippen LogP contribution in [0, 0.1) is 5.41 Å². The number of ether oxygens (including phenoxy) is 2. The molecule has 0 bridgehead atoms. The highest BCUT2D eigenvalue weighted by Gasteiger charge is 2.04. The minimum atomic E-state index is -0.446. The van der Waals surface area contributed by atoms with Crippen molar-refractivity contribution in [3.8, 4) is 0 Å². The Bertz CT molecular complexity index is 133. The third kappa shape index (κ3) is 3.88. The van der Waals surface area contributed by atoms with Crippen LogP contribution in [0.15, 0.2) is 0 Å². The molecule has 0 aromatic rings. The first-order chi connectivity index (χ1) is 4.70. The van der Waals surface area contributed by atoms with E-state index >= 15 is 0 Å². The maximum atomic E-state index is 10.5. The van der Waals surface area contributed by atoms with E-state index in [2.05, 4.69) is 4.74 Å². The zero-order valence-electron chi connectivity index (χ0n) is 6.14. The lowest BCUT2D eigenvalue weighted by atomic mass is 10.4. The number of rotatable bonds is 3. The Balaban J connectivity index is 3.47. The number of hydrogen-bond donors (Lipinski definition) is 1. The van der Waals surface area contributed by atoms with Gasteiger partial charge in [0.25, 0.3) is 0 Å². The summed E-state index contributed by atoms with van der Waals surface area (Å²) >= 11 is 0. The van der Waals surface area contributed by atoms with Gasteiger partial charge in [-0.15, -0.1) is 0 Å². The van der Waals surface area contributed by atoms with Crippen LogP contribution in [-0.4, -0.2) is 25.6 Å². The summed E-state index contributed by atoms with van der Waals surface area (Å²) in [5, 5.41) is 7.00. The van der Waals surface area contributed by atoms with Gasteiger partial charge in [0, 0.05) is 0 Å². The Labute approximate surface area is 59.6 Å². The SMILES string of the molecule is CCOC(=N)CC(=O)OC. The van der Waals surface area contributed by atoms with Gasteiger partial charge in [0.1, 0.15) is 6.42 Å². The minimum Gasteiger partial charge on any atom is -0.481 e. The van der Waals surface area contributed by atoms with E-state index in [1.165, 1.54) is 7.11 Å². The van der Waals surface area contributed by atoms with Crippen LogP contribution in [-0.2, 0) is 14.3 Å². The van der Waals surface area contributed by atoms with Crippen molar-refractivity contribution in [2.45, 2.75) is 13.3 Å². The Kier molecular flexibility index (Phi) is 4.28. The molecule has 10 heavy (non-hydrogen) atoms. The number of nitrogens with one attached hydrogen (secondary N) is 1. The smallest absolute Gasteiger partial charge is 0.314 e. The summed E-state index contributed by atoms with van der Waals surface area (Å²) in [6.45, 7) is 2.17. The molecule has 58 valence electrons. The summed E-state index contributed by atoms with van der Waals surface area (Å²) in [5.41, 5.74) is 0. The molecule has 0 aliphatic carbocycles. The quantitative estimate of drug-likeness (QED) is 0.358. The maximum Gasteiger partial charge on any atom is 0.314 e. The van der Waals surface area contributed by atoms with E-state index in [1.54, 1.807) is 6.92 Å². The van der Waals surface area contributed by atoms with E-state index in [9.17, 15) is 4.79 Å². The van der Waals surface area contributed by atoms with Gasteiger partial charge in [-0.3, -0.25) is 10.2 Å². The van der Waals surface area contributed by atoms with Crippen LogP contribution in [0.2, 0.25) is 0 Å². The molecule has 0 radical (unpaired) electrons. The number of esters is 1. The van der Waals surface area contributed by atoms with Crippen LogP contribution >= 0.6 is 0 Å². The zero-order chi connectivity index (χ0) is 7.98. The fourth-order valence-corrected chi connectivity index (χ4v) is 0.429. The molecule has 0 aromatic heterocycles. The van der Waals surface area contributed by atoms with E-state index in [1.807, 2.05) is 0 Å². The molecule has 0 rings (SSSR count). The summed E-state index contributed by atoms with van der Waals surface area (Å²) in [6, 6.07) is 0. The summed E-state index contributed by atoms with van der Waals surface area (Å²) in [6.07, 6.45) is -0.0790. The van der Waals surface area contributed by atoms with Crippen molar-refractivity contribution < 1.29 is 14.3 Å².